The quantitative estimate of drug-likeness (QED) is 0.761. The first-order valence-corrected chi connectivity index (χ1v) is 9.10. The zero-order valence-corrected chi connectivity index (χ0v) is 15.0. The van der Waals surface area contributed by atoms with Gasteiger partial charge in [0, 0.05) is 11.6 Å². The van der Waals surface area contributed by atoms with Crippen LogP contribution in [0.4, 0.5) is 0 Å². The van der Waals surface area contributed by atoms with E-state index in [-0.39, 0.29) is 23.4 Å². The molecule has 1 aromatic carbocycles. The molecule has 1 atom stereocenters. The second-order valence-electron chi connectivity index (χ2n) is 6.91. The number of carbonyl (C=O) groups excluding carboxylic acids is 1. The second kappa shape index (κ2) is 6.94. The van der Waals surface area contributed by atoms with E-state index in [4.69, 9.17) is 9.47 Å². The Morgan fingerprint density at radius 3 is 2.70 bits per heavy atom. The van der Waals surface area contributed by atoms with Gasteiger partial charge in [0.2, 0.25) is 11.8 Å². The van der Waals surface area contributed by atoms with E-state index in [2.05, 4.69) is 15.3 Å². The SMILES string of the molecule is COc1cccc2c1Oc1[nH]c(=O)[nH]c(=O)c1C2C(=O)NC1CCCCC1. The van der Waals surface area contributed by atoms with E-state index in [0.29, 0.717) is 17.1 Å². The molecular formula is C19H21N3O5. The van der Waals surface area contributed by atoms with Gasteiger partial charge in [0.1, 0.15) is 5.92 Å². The van der Waals surface area contributed by atoms with Crippen LogP contribution < -0.4 is 26.0 Å². The van der Waals surface area contributed by atoms with Gasteiger partial charge >= 0.3 is 5.69 Å². The largest absolute Gasteiger partial charge is 0.493 e. The van der Waals surface area contributed by atoms with E-state index in [1.807, 2.05) is 0 Å². The van der Waals surface area contributed by atoms with Gasteiger partial charge in [0.15, 0.2) is 11.5 Å². The normalized spacial score (nSPS) is 18.8. The Bertz CT molecular complexity index is 988. The number of aromatic nitrogens is 2. The van der Waals surface area contributed by atoms with Crippen molar-refractivity contribution in [3.05, 3.63) is 50.2 Å². The van der Waals surface area contributed by atoms with Gasteiger partial charge in [-0.3, -0.25) is 19.6 Å². The minimum Gasteiger partial charge on any atom is -0.493 e. The van der Waals surface area contributed by atoms with Crippen molar-refractivity contribution >= 4 is 5.91 Å². The first kappa shape index (κ1) is 17.4. The molecule has 1 aliphatic heterocycles. The van der Waals surface area contributed by atoms with Crippen LogP contribution in [0.15, 0.2) is 27.8 Å². The lowest BCUT2D eigenvalue weighted by Crippen LogP contribution is -2.42. The third kappa shape index (κ3) is 3.11. The van der Waals surface area contributed by atoms with Crippen molar-refractivity contribution in [1.29, 1.82) is 0 Å². The average Bonchev–Trinajstić information content (AvgIpc) is 2.66. The van der Waals surface area contributed by atoms with Crippen LogP contribution in [0.25, 0.3) is 0 Å². The summed E-state index contributed by atoms with van der Waals surface area (Å²) in [6.07, 6.45) is 5.18. The summed E-state index contributed by atoms with van der Waals surface area (Å²) < 4.78 is 11.1. The number of fused-ring (bicyclic) bond motifs is 2. The Balaban J connectivity index is 1.81. The molecule has 1 aliphatic carbocycles. The summed E-state index contributed by atoms with van der Waals surface area (Å²) in [5.74, 6) is -0.434. The number of para-hydroxylation sites is 1. The van der Waals surface area contributed by atoms with E-state index in [1.54, 1.807) is 18.2 Å². The molecule has 1 amide bonds. The van der Waals surface area contributed by atoms with E-state index in [9.17, 15) is 14.4 Å². The molecule has 0 saturated heterocycles. The molecular weight excluding hydrogens is 350 g/mol. The summed E-state index contributed by atoms with van der Waals surface area (Å²) >= 11 is 0. The summed E-state index contributed by atoms with van der Waals surface area (Å²) in [5, 5.41) is 3.07. The van der Waals surface area contributed by atoms with Crippen molar-refractivity contribution in [3.63, 3.8) is 0 Å². The molecule has 4 rings (SSSR count). The molecule has 1 saturated carbocycles. The van der Waals surface area contributed by atoms with Gasteiger partial charge in [-0.15, -0.1) is 0 Å². The van der Waals surface area contributed by atoms with Gasteiger partial charge in [-0.25, -0.2) is 4.79 Å². The molecule has 8 heteroatoms. The minimum atomic E-state index is -0.888. The molecule has 1 unspecified atom stereocenters. The summed E-state index contributed by atoms with van der Waals surface area (Å²) in [7, 11) is 1.49. The molecule has 0 bridgehead atoms. The second-order valence-corrected chi connectivity index (χ2v) is 6.91. The maximum absolute atomic E-state index is 13.2. The molecule has 1 fully saturated rings. The predicted octanol–water partition coefficient (Wildman–Crippen LogP) is 1.76. The van der Waals surface area contributed by atoms with Crippen LogP contribution in [0.5, 0.6) is 17.4 Å². The van der Waals surface area contributed by atoms with Crippen LogP contribution in [-0.4, -0.2) is 29.0 Å². The van der Waals surface area contributed by atoms with Crippen LogP contribution in [0.1, 0.15) is 49.1 Å². The molecule has 0 spiro atoms. The van der Waals surface area contributed by atoms with Gasteiger partial charge in [0.05, 0.1) is 12.7 Å². The lowest BCUT2D eigenvalue weighted by Gasteiger charge is -2.29. The van der Waals surface area contributed by atoms with Crippen LogP contribution >= 0.6 is 0 Å². The van der Waals surface area contributed by atoms with Crippen LogP contribution in [0.2, 0.25) is 0 Å². The molecule has 3 N–H and O–H groups in total. The first-order valence-electron chi connectivity index (χ1n) is 9.10. The van der Waals surface area contributed by atoms with Gasteiger partial charge in [0.25, 0.3) is 5.56 Å². The number of amides is 1. The van der Waals surface area contributed by atoms with E-state index in [0.717, 1.165) is 25.7 Å². The number of hydrogen-bond acceptors (Lipinski definition) is 5. The molecule has 27 heavy (non-hydrogen) atoms. The monoisotopic (exact) mass is 371 g/mol. The molecule has 1 aromatic heterocycles. The summed E-state index contributed by atoms with van der Waals surface area (Å²) in [5.41, 5.74) is -0.689. The lowest BCUT2D eigenvalue weighted by molar-refractivity contribution is -0.122. The average molecular weight is 371 g/mol. The van der Waals surface area contributed by atoms with Crippen molar-refractivity contribution in [2.24, 2.45) is 0 Å². The zero-order valence-electron chi connectivity index (χ0n) is 15.0. The molecule has 0 radical (unpaired) electrons. The summed E-state index contributed by atoms with van der Waals surface area (Å²) in [4.78, 5) is 42.0. The Kier molecular flexibility index (Phi) is 4.47. The van der Waals surface area contributed by atoms with Crippen LogP contribution in [0.3, 0.4) is 0 Å². The van der Waals surface area contributed by atoms with Crippen molar-refractivity contribution in [1.82, 2.24) is 15.3 Å². The Morgan fingerprint density at radius 2 is 1.96 bits per heavy atom. The third-order valence-electron chi connectivity index (χ3n) is 5.19. The Hall–Kier alpha value is -3.03. The zero-order chi connectivity index (χ0) is 19.0. The third-order valence-corrected chi connectivity index (χ3v) is 5.19. The minimum absolute atomic E-state index is 0.0236. The highest BCUT2D eigenvalue weighted by molar-refractivity contribution is 5.90. The highest BCUT2D eigenvalue weighted by atomic mass is 16.5. The van der Waals surface area contributed by atoms with E-state index >= 15 is 0 Å². The van der Waals surface area contributed by atoms with Gasteiger partial charge in [-0.1, -0.05) is 31.4 Å². The van der Waals surface area contributed by atoms with Crippen LogP contribution in [-0.2, 0) is 4.79 Å². The molecule has 2 heterocycles. The number of carbonyl (C=O) groups is 1. The standard InChI is InChI=1S/C19H21N3O5/c1-26-12-9-5-8-11-13(16(23)20-10-6-3-2-4-7-10)14-17(24)21-19(25)22-18(14)27-15(11)12/h5,8-10,13H,2-4,6-7H2,1H3,(H,20,23)(H2,21,22,24,25). The number of hydrogen-bond donors (Lipinski definition) is 3. The van der Waals surface area contributed by atoms with Gasteiger partial charge in [-0.2, -0.15) is 0 Å². The highest BCUT2D eigenvalue weighted by Gasteiger charge is 2.38. The van der Waals surface area contributed by atoms with E-state index < -0.39 is 17.2 Å². The summed E-state index contributed by atoms with van der Waals surface area (Å²) in [6, 6.07) is 5.27. The number of nitrogens with one attached hydrogen (secondary N) is 3. The number of aromatic amines is 2. The van der Waals surface area contributed by atoms with E-state index in [1.165, 1.54) is 13.5 Å². The number of rotatable bonds is 3. The maximum atomic E-state index is 13.2. The van der Waals surface area contributed by atoms with Crippen molar-refractivity contribution in [2.45, 2.75) is 44.1 Å². The molecule has 2 aliphatic rings. The Morgan fingerprint density at radius 1 is 1.19 bits per heavy atom. The number of ether oxygens (including phenoxy) is 2. The smallest absolute Gasteiger partial charge is 0.328 e. The first-order chi connectivity index (χ1) is 13.1. The van der Waals surface area contributed by atoms with Gasteiger partial charge < -0.3 is 14.8 Å². The predicted molar refractivity (Wildman–Crippen MR) is 97.6 cm³/mol. The van der Waals surface area contributed by atoms with Crippen molar-refractivity contribution < 1.29 is 14.3 Å². The fourth-order valence-electron chi connectivity index (χ4n) is 3.91. The maximum Gasteiger partial charge on any atom is 0.328 e. The highest BCUT2D eigenvalue weighted by Crippen LogP contribution is 2.46. The fourth-order valence-corrected chi connectivity index (χ4v) is 3.91. The van der Waals surface area contributed by atoms with Crippen molar-refractivity contribution in [2.75, 3.05) is 7.11 Å². The lowest BCUT2D eigenvalue weighted by atomic mass is 9.87. The molecule has 2 aromatic rings. The summed E-state index contributed by atoms with van der Waals surface area (Å²) in [6.45, 7) is 0. The van der Waals surface area contributed by atoms with Gasteiger partial charge in [-0.05, 0) is 18.9 Å². The number of benzene rings is 1. The fraction of sp³-hybridized carbons (Fsp3) is 0.421. The number of methoxy groups -OCH3 is 1. The Labute approximate surface area is 154 Å². The number of H-pyrrole nitrogens is 2. The topological polar surface area (TPSA) is 113 Å². The molecule has 142 valence electrons. The van der Waals surface area contributed by atoms with Crippen molar-refractivity contribution in [3.8, 4) is 17.4 Å². The van der Waals surface area contributed by atoms with Crippen LogP contribution in [0, 0.1) is 0 Å². The molecule has 8 nitrogen and oxygen atoms in total.